The van der Waals surface area contributed by atoms with E-state index in [2.05, 4.69) is 18.8 Å². The van der Waals surface area contributed by atoms with Crippen LogP contribution < -0.4 is 4.74 Å². The standard InChI is InChI=1S/C15H22F2N2O/c1-11(2)12-3-4-15(18-9-12)20-13-5-7-19(8-6-13)10-14(16)17/h3-4,9,11,13-14H,5-8,10H2,1-2H3. The van der Waals surface area contributed by atoms with Gasteiger partial charge in [-0.25, -0.2) is 13.8 Å². The Labute approximate surface area is 118 Å². The fourth-order valence-electron chi connectivity index (χ4n) is 2.38. The van der Waals surface area contributed by atoms with Crippen molar-refractivity contribution in [2.45, 2.75) is 45.1 Å². The van der Waals surface area contributed by atoms with Gasteiger partial charge < -0.3 is 4.74 Å². The molecule has 0 aliphatic carbocycles. The maximum atomic E-state index is 12.3. The molecule has 0 spiro atoms. The van der Waals surface area contributed by atoms with E-state index in [-0.39, 0.29) is 12.6 Å². The Morgan fingerprint density at radius 1 is 1.30 bits per heavy atom. The van der Waals surface area contributed by atoms with E-state index in [1.54, 1.807) is 4.90 Å². The number of halogens is 2. The van der Waals surface area contributed by atoms with Crippen LogP contribution in [0, 0.1) is 0 Å². The van der Waals surface area contributed by atoms with Gasteiger partial charge in [0, 0.05) is 25.4 Å². The fraction of sp³-hybridized carbons (Fsp3) is 0.667. The monoisotopic (exact) mass is 284 g/mol. The summed E-state index contributed by atoms with van der Waals surface area (Å²) in [4.78, 5) is 6.10. The molecular weight excluding hydrogens is 262 g/mol. The van der Waals surface area contributed by atoms with Gasteiger partial charge in [0.15, 0.2) is 0 Å². The number of likely N-dealkylation sites (tertiary alicyclic amines) is 1. The number of hydrogen-bond acceptors (Lipinski definition) is 3. The van der Waals surface area contributed by atoms with E-state index in [0.717, 1.165) is 12.8 Å². The van der Waals surface area contributed by atoms with Crippen LogP contribution in [0.1, 0.15) is 38.2 Å². The quantitative estimate of drug-likeness (QED) is 0.829. The second kappa shape index (κ2) is 6.97. The lowest BCUT2D eigenvalue weighted by atomic mass is 10.1. The Kier molecular flexibility index (Phi) is 5.29. The topological polar surface area (TPSA) is 25.4 Å². The lowest BCUT2D eigenvalue weighted by Gasteiger charge is -2.31. The molecule has 0 atom stereocenters. The van der Waals surface area contributed by atoms with Crippen LogP contribution in [0.5, 0.6) is 5.88 Å². The number of ether oxygens (including phenoxy) is 1. The van der Waals surface area contributed by atoms with Crippen molar-refractivity contribution in [2.24, 2.45) is 0 Å². The summed E-state index contributed by atoms with van der Waals surface area (Å²) in [5, 5.41) is 0. The fourth-order valence-corrected chi connectivity index (χ4v) is 2.38. The third-order valence-electron chi connectivity index (χ3n) is 3.64. The highest BCUT2D eigenvalue weighted by atomic mass is 19.3. The molecule has 0 unspecified atom stereocenters. The average molecular weight is 284 g/mol. The SMILES string of the molecule is CC(C)c1ccc(OC2CCN(CC(F)F)CC2)nc1. The van der Waals surface area contributed by atoms with E-state index in [0.29, 0.717) is 24.9 Å². The third kappa shape index (κ3) is 4.40. The van der Waals surface area contributed by atoms with Crippen LogP contribution in [0.2, 0.25) is 0 Å². The maximum absolute atomic E-state index is 12.3. The Morgan fingerprint density at radius 2 is 2.00 bits per heavy atom. The maximum Gasteiger partial charge on any atom is 0.251 e. The van der Waals surface area contributed by atoms with E-state index in [9.17, 15) is 8.78 Å². The molecule has 0 aromatic carbocycles. The van der Waals surface area contributed by atoms with Gasteiger partial charge in [-0.2, -0.15) is 0 Å². The van der Waals surface area contributed by atoms with Gasteiger partial charge in [0.25, 0.3) is 6.43 Å². The first kappa shape index (κ1) is 15.2. The highest BCUT2D eigenvalue weighted by Gasteiger charge is 2.22. The minimum absolute atomic E-state index is 0.0846. The van der Waals surface area contributed by atoms with E-state index < -0.39 is 6.43 Å². The van der Waals surface area contributed by atoms with Gasteiger partial charge in [-0.15, -0.1) is 0 Å². The number of piperidine rings is 1. The van der Waals surface area contributed by atoms with Crippen LogP contribution in [-0.4, -0.2) is 42.0 Å². The first-order chi connectivity index (χ1) is 9.54. The van der Waals surface area contributed by atoms with Crippen molar-refractivity contribution >= 4 is 0 Å². The summed E-state index contributed by atoms with van der Waals surface area (Å²) in [7, 11) is 0. The van der Waals surface area contributed by atoms with Gasteiger partial charge in [-0.3, -0.25) is 4.90 Å². The molecule has 1 aromatic heterocycles. The zero-order valence-electron chi connectivity index (χ0n) is 12.1. The zero-order chi connectivity index (χ0) is 14.5. The molecule has 3 nitrogen and oxygen atoms in total. The summed E-state index contributed by atoms with van der Waals surface area (Å²) < 4.78 is 30.4. The second-order valence-corrected chi connectivity index (χ2v) is 5.59. The molecule has 0 saturated carbocycles. The van der Waals surface area contributed by atoms with Gasteiger partial charge in [0.05, 0.1) is 6.54 Å². The first-order valence-corrected chi connectivity index (χ1v) is 7.17. The van der Waals surface area contributed by atoms with Crippen molar-refractivity contribution in [1.29, 1.82) is 0 Å². The summed E-state index contributed by atoms with van der Waals surface area (Å²) in [5.74, 6) is 1.08. The van der Waals surface area contributed by atoms with Crippen LogP contribution in [0.15, 0.2) is 18.3 Å². The van der Waals surface area contributed by atoms with Crippen molar-refractivity contribution in [3.05, 3.63) is 23.9 Å². The molecule has 1 aliphatic rings. The van der Waals surface area contributed by atoms with Crippen LogP contribution >= 0.6 is 0 Å². The zero-order valence-corrected chi connectivity index (χ0v) is 12.1. The van der Waals surface area contributed by atoms with Crippen LogP contribution in [0.3, 0.4) is 0 Å². The summed E-state index contributed by atoms with van der Waals surface area (Å²) in [6, 6.07) is 3.92. The van der Waals surface area contributed by atoms with E-state index in [4.69, 9.17) is 4.74 Å². The van der Waals surface area contributed by atoms with Crippen molar-refractivity contribution in [3.8, 4) is 5.88 Å². The molecule has 1 fully saturated rings. The average Bonchev–Trinajstić information content (AvgIpc) is 2.41. The predicted molar refractivity (Wildman–Crippen MR) is 74.4 cm³/mol. The normalized spacial score (nSPS) is 17.9. The number of aromatic nitrogens is 1. The highest BCUT2D eigenvalue weighted by molar-refractivity contribution is 5.20. The summed E-state index contributed by atoms with van der Waals surface area (Å²) in [6.45, 7) is 5.44. The Balaban J connectivity index is 1.80. The van der Waals surface area contributed by atoms with Crippen LogP contribution in [0.4, 0.5) is 8.78 Å². The van der Waals surface area contributed by atoms with E-state index >= 15 is 0 Å². The summed E-state index contributed by atoms with van der Waals surface area (Å²) in [6.07, 6.45) is 1.23. The molecule has 0 radical (unpaired) electrons. The van der Waals surface area contributed by atoms with Crippen molar-refractivity contribution in [1.82, 2.24) is 9.88 Å². The number of nitrogens with zero attached hydrogens (tertiary/aromatic N) is 2. The molecule has 112 valence electrons. The van der Waals surface area contributed by atoms with Gasteiger partial charge in [-0.05, 0) is 24.3 Å². The van der Waals surface area contributed by atoms with Gasteiger partial charge >= 0.3 is 0 Å². The molecule has 0 amide bonds. The van der Waals surface area contributed by atoms with Crippen molar-refractivity contribution in [3.63, 3.8) is 0 Å². The highest BCUT2D eigenvalue weighted by Crippen LogP contribution is 2.20. The number of hydrogen-bond donors (Lipinski definition) is 0. The Morgan fingerprint density at radius 3 is 2.50 bits per heavy atom. The molecule has 0 bridgehead atoms. The number of alkyl halides is 2. The molecular formula is C15H22F2N2O. The first-order valence-electron chi connectivity index (χ1n) is 7.17. The third-order valence-corrected chi connectivity index (χ3v) is 3.64. The molecule has 5 heteroatoms. The predicted octanol–water partition coefficient (Wildman–Crippen LogP) is 3.31. The summed E-state index contributed by atoms with van der Waals surface area (Å²) >= 11 is 0. The molecule has 1 aliphatic heterocycles. The number of pyridine rings is 1. The van der Waals surface area contributed by atoms with Crippen molar-refractivity contribution < 1.29 is 13.5 Å². The molecule has 2 rings (SSSR count). The van der Waals surface area contributed by atoms with Crippen molar-refractivity contribution in [2.75, 3.05) is 19.6 Å². The second-order valence-electron chi connectivity index (χ2n) is 5.59. The van der Waals surface area contributed by atoms with Gasteiger partial charge in [0.1, 0.15) is 6.10 Å². The molecule has 1 aromatic rings. The Bertz CT molecular complexity index is 401. The summed E-state index contributed by atoms with van der Waals surface area (Å²) in [5.41, 5.74) is 1.18. The van der Waals surface area contributed by atoms with Crippen LogP contribution in [0.25, 0.3) is 0 Å². The molecule has 20 heavy (non-hydrogen) atoms. The van der Waals surface area contributed by atoms with Crippen LogP contribution in [-0.2, 0) is 0 Å². The molecule has 1 saturated heterocycles. The lowest BCUT2D eigenvalue weighted by Crippen LogP contribution is -2.40. The smallest absolute Gasteiger partial charge is 0.251 e. The molecule has 2 heterocycles. The largest absolute Gasteiger partial charge is 0.474 e. The van der Waals surface area contributed by atoms with Gasteiger partial charge in [-0.1, -0.05) is 19.9 Å². The lowest BCUT2D eigenvalue weighted by molar-refractivity contribution is 0.0465. The molecule has 0 N–H and O–H groups in total. The van der Waals surface area contributed by atoms with E-state index in [1.807, 2.05) is 18.3 Å². The number of rotatable bonds is 5. The minimum Gasteiger partial charge on any atom is -0.474 e. The van der Waals surface area contributed by atoms with E-state index in [1.165, 1.54) is 5.56 Å². The Hall–Kier alpha value is -1.23. The minimum atomic E-state index is -2.25. The van der Waals surface area contributed by atoms with Gasteiger partial charge in [0.2, 0.25) is 5.88 Å².